The third-order valence-electron chi connectivity index (χ3n) is 6.76. The second-order valence-corrected chi connectivity index (χ2v) is 11.9. The van der Waals surface area contributed by atoms with Crippen LogP contribution in [0.4, 0.5) is 10.2 Å². The number of nitrogens with zero attached hydrogens (tertiary/aromatic N) is 4. The molecule has 3 heterocycles. The third kappa shape index (κ3) is 5.87. The molecule has 1 aliphatic heterocycles. The quantitative estimate of drug-likeness (QED) is 0.257. The number of ether oxygens (including phenoxy) is 1. The summed E-state index contributed by atoms with van der Waals surface area (Å²) in [6, 6.07) is 11.2. The minimum absolute atomic E-state index is 0.0330. The van der Waals surface area contributed by atoms with Gasteiger partial charge in [0.1, 0.15) is 5.82 Å². The molecule has 4 N–H and O–H groups in total. The summed E-state index contributed by atoms with van der Waals surface area (Å²) < 4.78 is 51.4. The van der Waals surface area contributed by atoms with Crippen LogP contribution in [-0.2, 0) is 21.1 Å². The third-order valence-corrected chi connectivity index (χ3v) is 8.99. The molecule has 11 nitrogen and oxygen atoms in total. The van der Waals surface area contributed by atoms with Gasteiger partial charge in [0.25, 0.3) is 11.8 Å². The number of hydrogen-bond acceptors (Lipinski definition) is 11. The highest BCUT2D eigenvalue weighted by Gasteiger charge is 2.23. The highest BCUT2D eigenvalue weighted by atomic mass is 32.2. The standard InChI is InChI=1S/C27H29FN6O5S/c1-16(8-10-35)40(36,37)20-5-3-18(4-6-20)23-14-31-25(29)24(32-23)27-34-33-26(39-27)21-7-2-17(12-22(21)28)13-30-19-9-11-38-15-19/h2-7,12,14,16,19,30,35H,8-11,13,15H2,1H3,(H2,29,31). The first kappa shape index (κ1) is 27.8. The number of anilines is 1. The molecule has 5 rings (SSSR count). The first-order valence-corrected chi connectivity index (χ1v) is 14.3. The molecule has 4 aromatic rings. The number of nitrogens with two attached hydrogens (primary N) is 1. The highest BCUT2D eigenvalue weighted by molar-refractivity contribution is 7.92. The van der Waals surface area contributed by atoms with Gasteiger partial charge in [-0.15, -0.1) is 10.2 Å². The Morgan fingerprint density at radius 1 is 1.18 bits per heavy atom. The SMILES string of the molecule is CC(CCO)S(=O)(=O)c1ccc(-c2cnc(N)c(-c3nnc(-c4ccc(CNC5CCOC5)cc4F)o3)n2)cc1. The van der Waals surface area contributed by atoms with Crippen molar-refractivity contribution in [2.45, 2.75) is 42.5 Å². The second-order valence-electron chi connectivity index (χ2n) is 9.55. The summed E-state index contributed by atoms with van der Waals surface area (Å²) in [7, 11) is -3.58. The van der Waals surface area contributed by atoms with Crippen LogP contribution in [0.2, 0.25) is 0 Å². The fraction of sp³-hybridized carbons (Fsp3) is 0.333. The van der Waals surface area contributed by atoms with E-state index in [1.807, 2.05) is 0 Å². The van der Waals surface area contributed by atoms with Crippen LogP contribution in [0.15, 0.2) is 58.0 Å². The van der Waals surface area contributed by atoms with Crippen LogP contribution in [0.5, 0.6) is 0 Å². The van der Waals surface area contributed by atoms with Crippen molar-refractivity contribution >= 4 is 15.7 Å². The number of aromatic nitrogens is 4. The van der Waals surface area contributed by atoms with E-state index in [1.165, 1.54) is 24.4 Å². The summed E-state index contributed by atoms with van der Waals surface area (Å²) in [5, 5.41) is 19.7. The largest absolute Gasteiger partial charge is 0.414 e. The van der Waals surface area contributed by atoms with Gasteiger partial charge in [0.15, 0.2) is 21.3 Å². The van der Waals surface area contributed by atoms with E-state index in [2.05, 4.69) is 25.5 Å². The van der Waals surface area contributed by atoms with E-state index in [0.717, 1.165) is 18.6 Å². The monoisotopic (exact) mass is 568 g/mol. The fourth-order valence-corrected chi connectivity index (χ4v) is 5.70. The maximum absolute atomic E-state index is 14.9. The van der Waals surface area contributed by atoms with Crippen molar-refractivity contribution in [3.05, 3.63) is 60.0 Å². The van der Waals surface area contributed by atoms with Gasteiger partial charge in [0.05, 0.1) is 34.2 Å². The maximum Gasteiger partial charge on any atom is 0.270 e. The number of nitrogen functional groups attached to an aromatic ring is 1. The molecule has 0 radical (unpaired) electrons. The molecule has 1 fully saturated rings. The Balaban J connectivity index is 1.35. The molecule has 1 saturated heterocycles. The van der Waals surface area contributed by atoms with Crippen LogP contribution >= 0.6 is 0 Å². The molecule has 13 heteroatoms. The van der Waals surface area contributed by atoms with Gasteiger partial charge in [-0.05, 0) is 49.6 Å². The molecule has 0 bridgehead atoms. The van der Waals surface area contributed by atoms with Gasteiger partial charge in [-0.1, -0.05) is 18.2 Å². The van der Waals surface area contributed by atoms with E-state index in [0.29, 0.717) is 24.4 Å². The Morgan fingerprint density at radius 3 is 2.65 bits per heavy atom. The van der Waals surface area contributed by atoms with Crippen molar-refractivity contribution in [1.29, 1.82) is 0 Å². The lowest BCUT2D eigenvalue weighted by Gasteiger charge is -2.12. The summed E-state index contributed by atoms with van der Waals surface area (Å²) in [4.78, 5) is 8.81. The van der Waals surface area contributed by atoms with E-state index >= 15 is 0 Å². The van der Waals surface area contributed by atoms with Crippen molar-refractivity contribution < 1.29 is 27.1 Å². The number of sulfone groups is 1. The second kappa shape index (κ2) is 11.8. The molecule has 0 amide bonds. The van der Waals surface area contributed by atoms with Crippen LogP contribution < -0.4 is 11.1 Å². The molecular weight excluding hydrogens is 539 g/mol. The molecule has 0 aliphatic carbocycles. The zero-order valence-corrected chi connectivity index (χ0v) is 22.6. The van der Waals surface area contributed by atoms with Crippen LogP contribution in [0.3, 0.4) is 0 Å². The molecule has 210 valence electrons. The molecule has 2 atom stereocenters. The van der Waals surface area contributed by atoms with E-state index in [4.69, 9.17) is 20.0 Å². The summed E-state index contributed by atoms with van der Waals surface area (Å²) in [5.41, 5.74) is 8.05. The predicted octanol–water partition coefficient (Wildman–Crippen LogP) is 3.01. The van der Waals surface area contributed by atoms with E-state index in [9.17, 15) is 12.8 Å². The van der Waals surface area contributed by atoms with E-state index in [-0.39, 0.29) is 52.8 Å². The van der Waals surface area contributed by atoms with Gasteiger partial charge in [-0.25, -0.2) is 22.8 Å². The number of aliphatic hydroxyl groups is 1. The predicted molar refractivity (Wildman–Crippen MR) is 145 cm³/mol. The first-order chi connectivity index (χ1) is 19.3. The van der Waals surface area contributed by atoms with E-state index in [1.54, 1.807) is 31.2 Å². The van der Waals surface area contributed by atoms with Crippen molar-refractivity contribution in [3.63, 3.8) is 0 Å². The van der Waals surface area contributed by atoms with Crippen LogP contribution in [-0.4, -0.2) is 64.8 Å². The summed E-state index contributed by atoms with van der Waals surface area (Å²) in [6.07, 6.45) is 2.51. The van der Waals surface area contributed by atoms with Crippen molar-refractivity contribution in [2.75, 3.05) is 25.6 Å². The molecule has 40 heavy (non-hydrogen) atoms. The van der Waals surface area contributed by atoms with Gasteiger partial charge < -0.3 is 25.3 Å². The number of halogens is 1. The van der Waals surface area contributed by atoms with Crippen molar-refractivity contribution in [3.8, 4) is 34.3 Å². The molecule has 2 unspecified atom stereocenters. The van der Waals surface area contributed by atoms with Gasteiger partial charge in [0.2, 0.25) is 0 Å². The van der Waals surface area contributed by atoms with Crippen LogP contribution in [0.1, 0.15) is 25.3 Å². The minimum Gasteiger partial charge on any atom is -0.414 e. The zero-order chi connectivity index (χ0) is 28.3. The van der Waals surface area contributed by atoms with Crippen molar-refractivity contribution in [1.82, 2.24) is 25.5 Å². The number of rotatable bonds is 10. The lowest BCUT2D eigenvalue weighted by molar-refractivity contribution is 0.190. The lowest BCUT2D eigenvalue weighted by Crippen LogP contribution is -2.28. The van der Waals surface area contributed by atoms with Crippen molar-refractivity contribution in [2.24, 2.45) is 0 Å². The van der Waals surface area contributed by atoms with E-state index < -0.39 is 20.9 Å². The molecule has 2 aromatic heterocycles. The summed E-state index contributed by atoms with van der Waals surface area (Å²) >= 11 is 0. The molecule has 2 aromatic carbocycles. The van der Waals surface area contributed by atoms with Gasteiger partial charge in [-0.2, -0.15) is 0 Å². The van der Waals surface area contributed by atoms with Crippen LogP contribution in [0, 0.1) is 5.82 Å². The average Bonchev–Trinajstić information content (AvgIpc) is 3.65. The Labute approximate surface area is 230 Å². The molecule has 0 spiro atoms. The summed E-state index contributed by atoms with van der Waals surface area (Å²) in [6.45, 7) is 3.22. The summed E-state index contributed by atoms with van der Waals surface area (Å²) in [5.74, 6) is -0.540. The molecular formula is C27H29FN6O5S. The lowest BCUT2D eigenvalue weighted by atomic mass is 10.1. The first-order valence-electron chi connectivity index (χ1n) is 12.8. The van der Waals surface area contributed by atoms with Gasteiger partial charge >= 0.3 is 0 Å². The minimum atomic E-state index is -3.58. The van der Waals surface area contributed by atoms with Gasteiger partial charge in [0, 0.05) is 31.4 Å². The Hall–Kier alpha value is -3.78. The average molecular weight is 569 g/mol. The number of aliphatic hydroxyl groups excluding tert-OH is 1. The Kier molecular flexibility index (Phi) is 8.17. The topological polar surface area (TPSA) is 166 Å². The van der Waals surface area contributed by atoms with Gasteiger partial charge in [-0.3, -0.25) is 0 Å². The molecule has 0 saturated carbocycles. The normalized spacial score (nSPS) is 16.3. The number of benzene rings is 2. The smallest absolute Gasteiger partial charge is 0.270 e. The number of nitrogens with one attached hydrogen (secondary N) is 1. The maximum atomic E-state index is 14.9. The number of hydrogen-bond donors (Lipinski definition) is 3. The molecule has 1 aliphatic rings. The Morgan fingerprint density at radius 2 is 1.95 bits per heavy atom. The zero-order valence-electron chi connectivity index (χ0n) is 21.7. The fourth-order valence-electron chi connectivity index (χ4n) is 4.31. The Bertz CT molecular complexity index is 1590. The highest BCUT2D eigenvalue weighted by Crippen LogP contribution is 2.30. The van der Waals surface area contributed by atoms with Crippen LogP contribution in [0.25, 0.3) is 34.3 Å².